The lowest BCUT2D eigenvalue weighted by Gasteiger charge is -2.35. The van der Waals surface area contributed by atoms with Gasteiger partial charge < -0.3 is 4.90 Å². The molecule has 0 spiro atoms. The number of sulfonamides is 1. The maximum atomic E-state index is 12.8. The number of nitrogens with zero attached hydrogens (tertiary/aromatic N) is 3. The van der Waals surface area contributed by atoms with Gasteiger partial charge in [0.05, 0.1) is 9.82 Å². The number of anilines is 1. The quantitative estimate of drug-likeness (QED) is 0.260. The highest BCUT2D eigenvalue weighted by molar-refractivity contribution is 14.1. The molecule has 1 heterocycles. The highest BCUT2D eigenvalue weighted by atomic mass is 127. The van der Waals surface area contributed by atoms with Crippen LogP contribution < -0.4 is 10.4 Å². The Hall–Kier alpha value is -2.29. The molecule has 29 heavy (non-hydrogen) atoms. The Morgan fingerprint density at radius 1 is 1.10 bits per heavy atom. The van der Waals surface area contributed by atoms with E-state index in [9.17, 15) is 23.3 Å². The molecule has 0 aliphatic carbocycles. The number of hydroxylamine groups is 1. The van der Waals surface area contributed by atoms with Crippen LogP contribution in [0.5, 0.6) is 0 Å². The lowest BCUT2D eigenvalue weighted by Crippen LogP contribution is -2.48. The summed E-state index contributed by atoms with van der Waals surface area (Å²) < 4.78 is 27.9. The summed E-state index contributed by atoms with van der Waals surface area (Å²) in [5.41, 5.74) is 1.38. The molecule has 1 amide bonds. The molecular formula is C17H17IN4O6S. The van der Waals surface area contributed by atoms with Crippen LogP contribution in [0.2, 0.25) is 0 Å². The number of nitro benzene ring substituents is 1. The highest BCUT2D eigenvalue weighted by Gasteiger charge is 2.31. The van der Waals surface area contributed by atoms with Crippen LogP contribution >= 0.6 is 22.6 Å². The van der Waals surface area contributed by atoms with E-state index in [1.54, 1.807) is 29.2 Å². The fourth-order valence-corrected chi connectivity index (χ4v) is 4.85. The lowest BCUT2D eigenvalue weighted by molar-refractivity contribution is -0.384. The van der Waals surface area contributed by atoms with Gasteiger partial charge in [-0.05, 0) is 59.0 Å². The van der Waals surface area contributed by atoms with Gasteiger partial charge in [-0.3, -0.25) is 20.1 Å². The number of carbonyl (C=O) groups is 1. The number of nitro groups is 1. The fourth-order valence-electron chi connectivity index (χ4n) is 3.07. The summed E-state index contributed by atoms with van der Waals surface area (Å²) in [5, 5.41) is 20.1. The smallest absolute Gasteiger partial charge is 0.293 e. The minimum atomic E-state index is -3.64. The van der Waals surface area contributed by atoms with E-state index in [1.807, 2.05) is 0 Å². The number of amides is 1. The van der Waals surface area contributed by atoms with Crippen LogP contribution in [0.3, 0.4) is 0 Å². The molecule has 0 bridgehead atoms. The zero-order chi connectivity index (χ0) is 21.2. The first-order chi connectivity index (χ1) is 13.7. The maximum absolute atomic E-state index is 12.8. The predicted octanol–water partition coefficient (Wildman–Crippen LogP) is 1.83. The Balaban J connectivity index is 1.79. The van der Waals surface area contributed by atoms with E-state index >= 15 is 0 Å². The van der Waals surface area contributed by atoms with Crippen molar-refractivity contribution in [3.8, 4) is 0 Å². The third-order valence-electron chi connectivity index (χ3n) is 4.57. The second-order valence-corrected chi connectivity index (χ2v) is 9.43. The number of hydrogen-bond acceptors (Lipinski definition) is 7. The van der Waals surface area contributed by atoms with Crippen LogP contribution in [0.15, 0.2) is 47.4 Å². The monoisotopic (exact) mass is 532 g/mol. The van der Waals surface area contributed by atoms with Crippen molar-refractivity contribution in [2.24, 2.45) is 0 Å². The summed E-state index contributed by atoms with van der Waals surface area (Å²) >= 11 is 2.10. The van der Waals surface area contributed by atoms with Crippen LogP contribution in [-0.2, 0) is 10.0 Å². The zero-order valence-electron chi connectivity index (χ0n) is 15.0. The summed E-state index contributed by atoms with van der Waals surface area (Å²) in [6.45, 7) is 0.862. The van der Waals surface area contributed by atoms with E-state index in [2.05, 4.69) is 22.6 Å². The van der Waals surface area contributed by atoms with Gasteiger partial charge in [-0.2, -0.15) is 4.31 Å². The third-order valence-corrected chi connectivity index (χ3v) is 7.20. The van der Waals surface area contributed by atoms with Gasteiger partial charge >= 0.3 is 0 Å². The van der Waals surface area contributed by atoms with Crippen molar-refractivity contribution in [2.45, 2.75) is 4.90 Å². The average molecular weight is 532 g/mol. The van der Waals surface area contributed by atoms with Crippen molar-refractivity contribution in [3.05, 3.63) is 61.7 Å². The van der Waals surface area contributed by atoms with E-state index in [4.69, 9.17) is 5.21 Å². The Morgan fingerprint density at radius 3 is 2.28 bits per heavy atom. The molecule has 0 radical (unpaired) electrons. The number of nitrogens with one attached hydrogen (secondary N) is 1. The predicted molar refractivity (Wildman–Crippen MR) is 112 cm³/mol. The molecule has 3 rings (SSSR count). The number of benzene rings is 2. The van der Waals surface area contributed by atoms with E-state index in [0.29, 0.717) is 0 Å². The summed E-state index contributed by atoms with van der Waals surface area (Å²) in [5.74, 6) is -0.854. The second kappa shape index (κ2) is 8.61. The molecule has 0 saturated carbocycles. The Morgan fingerprint density at radius 2 is 1.72 bits per heavy atom. The van der Waals surface area contributed by atoms with E-state index in [1.165, 1.54) is 21.9 Å². The van der Waals surface area contributed by atoms with E-state index in [0.717, 1.165) is 9.64 Å². The van der Waals surface area contributed by atoms with Crippen LogP contribution in [0.25, 0.3) is 0 Å². The number of hydrogen-bond donors (Lipinski definition) is 2. The molecule has 1 fully saturated rings. The van der Waals surface area contributed by atoms with Gasteiger partial charge in [0.1, 0.15) is 5.69 Å². The minimum absolute atomic E-state index is 0.0529. The van der Waals surface area contributed by atoms with Gasteiger partial charge in [-0.1, -0.05) is 0 Å². The Bertz CT molecular complexity index is 1040. The largest absolute Gasteiger partial charge is 0.363 e. The number of carbonyl (C=O) groups excluding carboxylic acids is 1. The first-order valence-electron chi connectivity index (χ1n) is 8.47. The number of rotatable bonds is 5. The molecule has 0 atom stereocenters. The van der Waals surface area contributed by atoms with Crippen molar-refractivity contribution in [1.82, 2.24) is 9.79 Å². The molecule has 12 heteroatoms. The molecule has 154 valence electrons. The topological polar surface area (TPSA) is 133 Å². The molecule has 1 aliphatic heterocycles. The van der Waals surface area contributed by atoms with Crippen LogP contribution in [-0.4, -0.2) is 54.9 Å². The van der Waals surface area contributed by atoms with Gasteiger partial charge in [0.25, 0.3) is 11.6 Å². The van der Waals surface area contributed by atoms with E-state index < -0.39 is 20.9 Å². The van der Waals surface area contributed by atoms with Gasteiger partial charge in [-0.25, -0.2) is 13.9 Å². The third kappa shape index (κ3) is 4.49. The maximum Gasteiger partial charge on any atom is 0.293 e. The number of halogens is 1. The summed E-state index contributed by atoms with van der Waals surface area (Å²) in [6.07, 6.45) is 0. The average Bonchev–Trinajstić information content (AvgIpc) is 2.73. The molecule has 2 aromatic carbocycles. The molecule has 10 nitrogen and oxygen atoms in total. The summed E-state index contributed by atoms with van der Waals surface area (Å²) in [7, 11) is -3.64. The first-order valence-corrected chi connectivity index (χ1v) is 11.0. The van der Waals surface area contributed by atoms with Gasteiger partial charge in [0, 0.05) is 41.4 Å². The Kier molecular flexibility index (Phi) is 6.36. The van der Waals surface area contributed by atoms with Gasteiger partial charge in [0.2, 0.25) is 10.0 Å². The van der Waals surface area contributed by atoms with Crippen molar-refractivity contribution >= 4 is 49.9 Å². The minimum Gasteiger partial charge on any atom is -0.363 e. The summed E-state index contributed by atoms with van der Waals surface area (Å²) in [6, 6.07) is 10.4. The number of piperazine rings is 1. The van der Waals surface area contributed by atoms with Crippen LogP contribution in [0.1, 0.15) is 10.4 Å². The first kappa shape index (κ1) is 21.4. The zero-order valence-corrected chi connectivity index (χ0v) is 18.0. The molecule has 2 aromatic rings. The fraction of sp³-hybridized carbons (Fsp3) is 0.235. The van der Waals surface area contributed by atoms with Gasteiger partial charge in [0.15, 0.2) is 0 Å². The molecular weight excluding hydrogens is 515 g/mol. The molecule has 0 aromatic heterocycles. The van der Waals surface area contributed by atoms with Crippen LogP contribution in [0.4, 0.5) is 11.4 Å². The normalized spacial score (nSPS) is 15.2. The standard InChI is InChI=1S/C17H17IN4O6S/c18-13-2-4-14(5-3-13)29(27,28)21-9-7-20(8-10-21)15-6-1-12(17(23)19-24)11-16(15)22(25)26/h1-6,11,24H,7-10H2,(H,19,23). The van der Waals surface area contributed by atoms with Crippen molar-refractivity contribution in [1.29, 1.82) is 0 Å². The second-order valence-electron chi connectivity index (χ2n) is 6.25. The van der Waals surface area contributed by atoms with Crippen molar-refractivity contribution in [3.63, 3.8) is 0 Å². The molecule has 1 saturated heterocycles. The van der Waals surface area contributed by atoms with Crippen LogP contribution in [0, 0.1) is 13.7 Å². The Labute approximate surface area is 180 Å². The SMILES string of the molecule is O=C(NO)c1ccc(N2CCN(S(=O)(=O)c3ccc(I)cc3)CC2)c([N+](=O)[O-])c1. The van der Waals surface area contributed by atoms with E-state index in [-0.39, 0.29) is 48.0 Å². The molecule has 1 aliphatic rings. The van der Waals surface area contributed by atoms with Crippen molar-refractivity contribution < 1.29 is 23.3 Å². The highest BCUT2D eigenvalue weighted by Crippen LogP contribution is 2.31. The molecule has 0 unspecified atom stereocenters. The summed E-state index contributed by atoms with van der Waals surface area (Å²) in [4.78, 5) is 24.3. The molecule has 2 N–H and O–H groups in total. The van der Waals surface area contributed by atoms with Crippen molar-refractivity contribution in [2.75, 3.05) is 31.1 Å². The van der Waals surface area contributed by atoms with Gasteiger partial charge in [-0.15, -0.1) is 0 Å². The lowest BCUT2D eigenvalue weighted by atomic mass is 10.1.